The number of hydrogen-bond donors (Lipinski definition) is 1. The van der Waals surface area contributed by atoms with Gasteiger partial charge in [-0.2, -0.15) is 0 Å². The van der Waals surface area contributed by atoms with E-state index in [1.54, 1.807) is 32.1 Å². The third-order valence-corrected chi connectivity index (χ3v) is 9.58. The molecule has 1 aliphatic rings. The van der Waals surface area contributed by atoms with Gasteiger partial charge in [0.25, 0.3) is 16.8 Å². The third kappa shape index (κ3) is 6.07. The highest BCUT2D eigenvalue weighted by molar-refractivity contribution is 7.99. The Morgan fingerprint density at radius 3 is 2.64 bits per heavy atom. The summed E-state index contributed by atoms with van der Waals surface area (Å²) in [5.41, 5.74) is 1.31. The van der Waals surface area contributed by atoms with E-state index in [-0.39, 0.29) is 38.0 Å². The molecule has 0 aliphatic carbocycles. The molecular weight excluding hydrogens is 635 g/mol. The van der Waals surface area contributed by atoms with Crippen molar-refractivity contribution >= 4 is 57.9 Å². The molecule has 0 bridgehead atoms. The van der Waals surface area contributed by atoms with Gasteiger partial charge in [-0.15, -0.1) is 11.3 Å². The highest BCUT2D eigenvalue weighted by Crippen LogP contribution is 2.37. The fraction of sp³-hybridized carbons (Fsp3) is 0.129. The second-order valence-corrected chi connectivity index (χ2v) is 12.7. The standard InChI is InChI=1S/C31H23N5O6S3/c1-3-42-29(39)25-26(19-8-5-4-6-9-19)34-31-35(27(25)22-10-7-13-43-22)28(38)23(45-31)16-18-11-12-21(20(15-18)36(40)41)44-30-32-17(2)14-24(37)33-30/h4-16,27H,3H2,1-2H3,(H,32,33,37)/b23-16+/t27-/m1/s1. The van der Waals surface area contributed by atoms with Crippen LogP contribution in [0, 0.1) is 17.0 Å². The first-order valence-corrected chi connectivity index (χ1v) is 16.1. The molecule has 0 saturated heterocycles. The molecule has 0 spiro atoms. The predicted octanol–water partition coefficient (Wildman–Crippen LogP) is 4.45. The second-order valence-electron chi connectivity index (χ2n) is 9.73. The normalized spacial score (nSPS) is 14.6. The number of fused-ring (bicyclic) bond motifs is 1. The Morgan fingerprint density at radius 1 is 1.16 bits per heavy atom. The van der Waals surface area contributed by atoms with Gasteiger partial charge >= 0.3 is 5.97 Å². The van der Waals surface area contributed by atoms with Gasteiger partial charge in [0.2, 0.25) is 0 Å². The minimum atomic E-state index is -0.783. The summed E-state index contributed by atoms with van der Waals surface area (Å²) >= 11 is 3.50. The molecule has 4 heterocycles. The van der Waals surface area contributed by atoms with Crippen LogP contribution in [-0.2, 0) is 9.53 Å². The van der Waals surface area contributed by atoms with Gasteiger partial charge in [0.1, 0.15) is 6.04 Å². The molecular formula is C31H23N5O6S3. The summed E-state index contributed by atoms with van der Waals surface area (Å²) in [4.78, 5) is 63.9. The van der Waals surface area contributed by atoms with Crippen LogP contribution < -0.4 is 20.5 Å². The van der Waals surface area contributed by atoms with Crippen molar-refractivity contribution in [1.82, 2.24) is 14.5 Å². The van der Waals surface area contributed by atoms with Crippen molar-refractivity contribution in [1.29, 1.82) is 0 Å². The van der Waals surface area contributed by atoms with Crippen LogP contribution in [-0.4, -0.2) is 32.0 Å². The number of nitro groups is 1. The Kier molecular flexibility index (Phi) is 8.43. The number of H-pyrrole nitrogens is 1. The van der Waals surface area contributed by atoms with Gasteiger partial charge in [-0.3, -0.25) is 24.3 Å². The van der Waals surface area contributed by atoms with E-state index >= 15 is 0 Å². The number of nitrogens with one attached hydrogen (secondary N) is 1. The van der Waals surface area contributed by atoms with Crippen molar-refractivity contribution in [3.8, 4) is 0 Å². The van der Waals surface area contributed by atoms with Gasteiger partial charge < -0.3 is 9.72 Å². The van der Waals surface area contributed by atoms with Crippen LogP contribution >= 0.6 is 34.4 Å². The first-order valence-electron chi connectivity index (χ1n) is 13.6. The molecule has 0 fully saturated rings. The Balaban J connectivity index is 1.50. The lowest BCUT2D eigenvalue weighted by atomic mass is 9.97. The number of thiazole rings is 1. The fourth-order valence-electron chi connectivity index (χ4n) is 4.87. The monoisotopic (exact) mass is 657 g/mol. The van der Waals surface area contributed by atoms with Crippen LogP contribution in [0.4, 0.5) is 5.69 Å². The maximum absolute atomic E-state index is 14.0. The number of ether oxygens (including phenoxy) is 1. The summed E-state index contributed by atoms with van der Waals surface area (Å²) in [5, 5.41) is 14.1. The van der Waals surface area contributed by atoms with Crippen molar-refractivity contribution < 1.29 is 14.5 Å². The SMILES string of the molecule is CCOC(=O)C1=C(c2ccccc2)N=c2s/c(=C/c3ccc(Sc4nc(C)cc(=O)[nH]4)c([N+](=O)[O-])c3)c(=O)n2[C@@H]1c1cccs1. The number of carbonyl (C=O) groups is 1. The van der Waals surface area contributed by atoms with Crippen molar-refractivity contribution in [2.75, 3.05) is 6.61 Å². The van der Waals surface area contributed by atoms with E-state index < -0.39 is 22.5 Å². The van der Waals surface area contributed by atoms with E-state index in [4.69, 9.17) is 9.73 Å². The maximum Gasteiger partial charge on any atom is 0.338 e. The summed E-state index contributed by atoms with van der Waals surface area (Å²) in [6.07, 6.45) is 1.57. The van der Waals surface area contributed by atoms with Gasteiger partial charge in [0.05, 0.1) is 32.2 Å². The topological polar surface area (TPSA) is 150 Å². The van der Waals surface area contributed by atoms with Crippen molar-refractivity contribution in [3.05, 3.63) is 140 Å². The highest BCUT2D eigenvalue weighted by Gasteiger charge is 2.35. The van der Waals surface area contributed by atoms with Gasteiger partial charge in [0.15, 0.2) is 9.96 Å². The lowest BCUT2D eigenvalue weighted by molar-refractivity contribution is -0.387. The van der Waals surface area contributed by atoms with E-state index in [1.165, 1.54) is 28.0 Å². The minimum absolute atomic E-state index is 0.148. The first kappa shape index (κ1) is 30.1. The first-order chi connectivity index (χ1) is 21.7. The number of thiophene rings is 1. The van der Waals surface area contributed by atoms with Crippen molar-refractivity contribution in [3.63, 3.8) is 0 Å². The predicted molar refractivity (Wildman–Crippen MR) is 172 cm³/mol. The summed E-state index contributed by atoms with van der Waals surface area (Å²) in [7, 11) is 0. The van der Waals surface area contributed by atoms with Crippen LogP contribution in [0.2, 0.25) is 0 Å². The van der Waals surface area contributed by atoms with Crippen LogP contribution in [0.5, 0.6) is 0 Å². The quantitative estimate of drug-likeness (QED) is 0.111. The van der Waals surface area contributed by atoms with E-state index in [0.717, 1.165) is 28.0 Å². The smallest absolute Gasteiger partial charge is 0.338 e. The van der Waals surface area contributed by atoms with Crippen LogP contribution in [0.25, 0.3) is 11.8 Å². The van der Waals surface area contributed by atoms with Gasteiger partial charge in [0, 0.05) is 28.3 Å². The summed E-state index contributed by atoms with van der Waals surface area (Å²) in [5.74, 6) is -0.569. The van der Waals surface area contributed by atoms with E-state index in [0.29, 0.717) is 27.3 Å². The molecule has 1 aliphatic heterocycles. The van der Waals surface area contributed by atoms with E-state index in [2.05, 4.69) is 9.97 Å². The average molecular weight is 658 g/mol. The molecule has 226 valence electrons. The molecule has 11 nitrogen and oxygen atoms in total. The number of nitro benzene ring substituents is 1. The molecule has 1 atom stereocenters. The fourth-order valence-corrected chi connectivity index (χ4v) is 7.61. The molecule has 2 aromatic carbocycles. The minimum Gasteiger partial charge on any atom is -0.463 e. The number of esters is 1. The molecule has 45 heavy (non-hydrogen) atoms. The number of aromatic nitrogens is 3. The molecule has 0 unspecified atom stereocenters. The number of hydrogen-bond acceptors (Lipinski definition) is 11. The van der Waals surface area contributed by atoms with Crippen molar-refractivity contribution in [2.24, 2.45) is 4.99 Å². The van der Waals surface area contributed by atoms with E-state index in [9.17, 15) is 24.5 Å². The number of benzene rings is 2. The van der Waals surface area contributed by atoms with Gasteiger partial charge in [-0.25, -0.2) is 14.8 Å². The number of aryl methyl sites for hydroxylation is 1. The van der Waals surface area contributed by atoms with E-state index in [1.807, 2.05) is 47.8 Å². The van der Waals surface area contributed by atoms with Crippen LogP contribution in [0.15, 0.2) is 102 Å². The molecule has 14 heteroatoms. The zero-order valence-corrected chi connectivity index (χ0v) is 26.2. The molecule has 5 aromatic rings. The Bertz CT molecular complexity index is 2220. The third-order valence-electron chi connectivity index (χ3n) is 6.72. The molecule has 0 amide bonds. The Labute approximate surface area is 267 Å². The zero-order chi connectivity index (χ0) is 31.7. The highest BCUT2D eigenvalue weighted by atomic mass is 32.2. The molecule has 0 radical (unpaired) electrons. The maximum atomic E-state index is 14.0. The number of aromatic amines is 1. The Morgan fingerprint density at radius 2 is 1.96 bits per heavy atom. The van der Waals surface area contributed by atoms with Crippen LogP contribution in [0.1, 0.15) is 34.7 Å². The summed E-state index contributed by atoms with van der Waals surface area (Å²) in [6, 6.07) is 18.1. The largest absolute Gasteiger partial charge is 0.463 e. The summed E-state index contributed by atoms with van der Waals surface area (Å²) < 4.78 is 7.23. The zero-order valence-electron chi connectivity index (χ0n) is 23.8. The average Bonchev–Trinajstić information content (AvgIpc) is 3.65. The number of carbonyl (C=O) groups excluding carboxylic acids is 1. The lowest BCUT2D eigenvalue weighted by Crippen LogP contribution is -2.39. The van der Waals surface area contributed by atoms with Crippen LogP contribution in [0.3, 0.4) is 0 Å². The van der Waals surface area contributed by atoms with Gasteiger partial charge in [-0.05, 0) is 54.8 Å². The second kappa shape index (κ2) is 12.6. The number of nitrogens with zero attached hydrogens (tertiary/aromatic N) is 4. The molecule has 0 saturated carbocycles. The summed E-state index contributed by atoms with van der Waals surface area (Å²) in [6.45, 7) is 3.53. The number of rotatable bonds is 8. The lowest BCUT2D eigenvalue weighted by Gasteiger charge is -2.24. The Hall–Kier alpha value is -4.92. The molecule has 3 aromatic heterocycles. The van der Waals surface area contributed by atoms with Crippen molar-refractivity contribution in [2.45, 2.75) is 29.9 Å². The van der Waals surface area contributed by atoms with Gasteiger partial charge in [-0.1, -0.05) is 53.8 Å². The molecule has 6 rings (SSSR count). The molecule has 1 N–H and O–H groups in total.